The lowest BCUT2D eigenvalue weighted by Crippen LogP contribution is -2.41. The number of hydrogen-bond acceptors (Lipinski definition) is 4. The minimum absolute atomic E-state index is 0.273. The van der Waals surface area contributed by atoms with Gasteiger partial charge in [-0.25, -0.2) is 0 Å². The number of carbonyl (C=O) groups excluding carboxylic acids is 2. The van der Waals surface area contributed by atoms with Gasteiger partial charge >= 0.3 is 0 Å². The quantitative estimate of drug-likeness (QED) is 0.650. The maximum absolute atomic E-state index is 12.8. The second-order valence-electron chi connectivity index (χ2n) is 5.91. The Balaban J connectivity index is 1.93. The van der Waals surface area contributed by atoms with Crippen molar-refractivity contribution in [2.45, 2.75) is 12.0 Å². The number of anilines is 1. The molecule has 0 radical (unpaired) electrons. The van der Waals surface area contributed by atoms with Crippen LogP contribution in [0.25, 0.3) is 0 Å². The third-order valence-corrected chi connectivity index (χ3v) is 4.38. The number of fused-ring (bicyclic) bond motifs is 1. The standard InChI is InChI=1S/C20H19NO4/c1-3-12-21-17-7-5-4-6-16(17)20(24,19(21)23)13-18(22)14-8-10-15(25-2)11-9-14/h3-11,24H,1,12-13H2,2H3. The molecular formula is C20H19NO4. The summed E-state index contributed by atoms with van der Waals surface area (Å²) in [7, 11) is 1.54. The van der Waals surface area contributed by atoms with Gasteiger partial charge in [0.2, 0.25) is 0 Å². The number of nitrogens with zero attached hydrogens (tertiary/aromatic N) is 1. The molecular weight excluding hydrogens is 318 g/mol. The second-order valence-corrected chi connectivity index (χ2v) is 5.91. The van der Waals surface area contributed by atoms with Crippen molar-refractivity contribution in [2.75, 3.05) is 18.6 Å². The van der Waals surface area contributed by atoms with Gasteiger partial charge in [-0.3, -0.25) is 9.59 Å². The Hall–Kier alpha value is -2.92. The largest absolute Gasteiger partial charge is 0.497 e. The van der Waals surface area contributed by atoms with Crippen molar-refractivity contribution in [1.82, 2.24) is 0 Å². The van der Waals surface area contributed by atoms with Gasteiger partial charge < -0.3 is 14.7 Å². The molecule has 1 heterocycles. The molecule has 5 heteroatoms. The predicted molar refractivity (Wildman–Crippen MR) is 94.8 cm³/mol. The van der Waals surface area contributed by atoms with Crippen LogP contribution in [0.15, 0.2) is 61.2 Å². The van der Waals surface area contributed by atoms with Crippen molar-refractivity contribution in [3.8, 4) is 5.75 Å². The summed E-state index contributed by atoms with van der Waals surface area (Å²) in [4.78, 5) is 26.9. The first-order chi connectivity index (χ1) is 12.0. The molecule has 3 rings (SSSR count). The molecule has 2 aromatic rings. The molecule has 0 fully saturated rings. The van der Waals surface area contributed by atoms with E-state index in [1.807, 2.05) is 0 Å². The number of benzene rings is 2. The Kier molecular flexibility index (Phi) is 4.42. The van der Waals surface area contributed by atoms with Gasteiger partial charge in [-0.2, -0.15) is 0 Å². The van der Waals surface area contributed by atoms with E-state index in [2.05, 4.69) is 6.58 Å². The molecule has 1 N–H and O–H groups in total. The molecule has 1 aliphatic rings. The van der Waals surface area contributed by atoms with E-state index in [0.717, 1.165) is 0 Å². The second kappa shape index (κ2) is 6.53. The smallest absolute Gasteiger partial charge is 0.264 e. The summed E-state index contributed by atoms with van der Waals surface area (Å²) in [6, 6.07) is 13.6. The van der Waals surface area contributed by atoms with E-state index in [-0.39, 0.29) is 18.7 Å². The fourth-order valence-electron chi connectivity index (χ4n) is 3.10. The summed E-state index contributed by atoms with van der Waals surface area (Å²) >= 11 is 0. The Bertz CT molecular complexity index is 828. The molecule has 2 aromatic carbocycles. The monoisotopic (exact) mass is 337 g/mol. The molecule has 25 heavy (non-hydrogen) atoms. The molecule has 1 atom stereocenters. The zero-order chi connectivity index (χ0) is 18.0. The highest BCUT2D eigenvalue weighted by molar-refractivity contribution is 6.10. The highest BCUT2D eigenvalue weighted by Gasteiger charge is 2.50. The fourth-order valence-corrected chi connectivity index (χ4v) is 3.10. The van der Waals surface area contributed by atoms with Gasteiger partial charge in [-0.15, -0.1) is 6.58 Å². The van der Waals surface area contributed by atoms with Crippen LogP contribution in [0.3, 0.4) is 0 Å². The first-order valence-electron chi connectivity index (χ1n) is 7.93. The first-order valence-corrected chi connectivity index (χ1v) is 7.93. The van der Waals surface area contributed by atoms with Crippen LogP contribution in [0.2, 0.25) is 0 Å². The number of Topliss-reactive ketones (excluding diaryl/α,β-unsaturated/α-hetero) is 1. The number of carbonyl (C=O) groups is 2. The number of para-hydroxylation sites is 1. The van der Waals surface area contributed by atoms with Crippen molar-refractivity contribution in [3.05, 3.63) is 72.3 Å². The van der Waals surface area contributed by atoms with Crippen LogP contribution >= 0.6 is 0 Å². The highest BCUT2D eigenvalue weighted by atomic mass is 16.5. The van der Waals surface area contributed by atoms with Crippen molar-refractivity contribution >= 4 is 17.4 Å². The third-order valence-electron chi connectivity index (χ3n) is 4.38. The Morgan fingerprint density at radius 3 is 2.56 bits per heavy atom. The zero-order valence-corrected chi connectivity index (χ0v) is 13.9. The summed E-state index contributed by atoms with van der Waals surface area (Å²) < 4.78 is 5.08. The van der Waals surface area contributed by atoms with Gasteiger partial charge in [-0.05, 0) is 30.3 Å². The Labute approximate surface area is 146 Å². The molecule has 0 aliphatic carbocycles. The van der Waals surface area contributed by atoms with Crippen LogP contribution in [0, 0.1) is 0 Å². The number of ether oxygens (including phenoxy) is 1. The highest BCUT2D eigenvalue weighted by Crippen LogP contribution is 2.42. The molecule has 1 amide bonds. The fraction of sp³-hybridized carbons (Fsp3) is 0.200. The maximum Gasteiger partial charge on any atom is 0.264 e. The summed E-state index contributed by atoms with van der Waals surface area (Å²) in [6.07, 6.45) is 1.27. The molecule has 128 valence electrons. The maximum atomic E-state index is 12.8. The van der Waals surface area contributed by atoms with E-state index in [9.17, 15) is 14.7 Å². The number of methoxy groups -OCH3 is 1. The van der Waals surface area contributed by atoms with Crippen LogP contribution < -0.4 is 9.64 Å². The summed E-state index contributed by atoms with van der Waals surface area (Å²) in [5.74, 6) is -0.182. The van der Waals surface area contributed by atoms with Crippen molar-refractivity contribution in [2.24, 2.45) is 0 Å². The molecule has 5 nitrogen and oxygen atoms in total. The van der Waals surface area contributed by atoms with Crippen LogP contribution in [-0.4, -0.2) is 30.5 Å². The van der Waals surface area contributed by atoms with Gasteiger partial charge in [0.25, 0.3) is 5.91 Å². The number of rotatable bonds is 6. The molecule has 0 aromatic heterocycles. The van der Waals surface area contributed by atoms with Crippen LogP contribution in [0.4, 0.5) is 5.69 Å². The average molecular weight is 337 g/mol. The van der Waals surface area contributed by atoms with E-state index in [1.165, 1.54) is 4.90 Å². The Morgan fingerprint density at radius 1 is 1.24 bits per heavy atom. The molecule has 0 saturated carbocycles. The third kappa shape index (κ3) is 2.83. The van der Waals surface area contributed by atoms with E-state index >= 15 is 0 Å². The zero-order valence-electron chi connectivity index (χ0n) is 13.9. The molecule has 0 bridgehead atoms. The number of amides is 1. The van der Waals surface area contributed by atoms with Crippen LogP contribution in [0.5, 0.6) is 5.75 Å². The topological polar surface area (TPSA) is 66.8 Å². The van der Waals surface area contributed by atoms with Crippen LogP contribution in [-0.2, 0) is 10.4 Å². The molecule has 0 saturated heterocycles. The van der Waals surface area contributed by atoms with Crippen LogP contribution in [0.1, 0.15) is 22.3 Å². The van der Waals surface area contributed by atoms with E-state index in [4.69, 9.17) is 4.74 Å². The van der Waals surface area contributed by atoms with Crippen molar-refractivity contribution in [1.29, 1.82) is 0 Å². The predicted octanol–water partition coefficient (Wildman–Crippen LogP) is 2.69. The van der Waals surface area contributed by atoms with Crippen molar-refractivity contribution < 1.29 is 19.4 Å². The Morgan fingerprint density at radius 2 is 1.92 bits per heavy atom. The number of hydrogen-bond donors (Lipinski definition) is 1. The van der Waals surface area contributed by atoms with Gasteiger partial charge in [-0.1, -0.05) is 24.3 Å². The summed E-state index contributed by atoms with van der Waals surface area (Å²) in [5, 5.41) is 11.1. The molecule has 1 unspecified atom stereocenters. The lowest BCUT2D eigenvalue weighted by atomic mass is 9.88. The minimum Gasteiger partial charge on any atom is -0.497 e. The normalized spacial score (nSPS) is 18.8. The number of aliphatic hydroxyl groups is 1. The van der Waals surface area contributed by atoms with Gasteiger partial charge in [0.15, 0.2) is 11.4 Å². The molecule has 0 spiro atoms. The van der Waals surface area contributed by atoms with Gasteiger partial charge in [0.1, 0.15) is 5.75 Å². The SMILES string of the molecule is C=CCN1C(=O)C(O)(CC(=O)c2ccc(OC)cc2)c2ccccc21. The van der Waals surface area contributed by atoms with Gasteiger partial charge in [0.05, 0.1) is 19.2 Å². The first kappa shape index (κ1) is 16.9. The summed E-state index contributed by atoms with van der Waals surface area (Å²) in [6.45, 7) is 3.92. The van der Waals surface area contributed by atoms with Gasteiger partial charge in [0, 0.05) is 17.7 Å². The van der Waals surface area contributed by atoms with E-state index < -0.39 is 11.5 Å². The van der Waals surface area contributed by atoms with Crippen molar-refractivity contribution in [3.63, 3.8) is 0 Å². The summed E-state index contributed by atoms with van der Waals surface area (Å²) in [5.41, 5.74) is -0.390. The van der Waals surface area contributed by atoms with E-state index in [1.54, 1.807) is 61.7 Å². The molecule has 1 aliphatic heterocycles. The van der Waals surface area contributed by atoms with E-state index in [0.29, 0.717) is 22.6 Å². The lowest BCUT2D eigenvalue weighted by molar-refractivity contribution is -0.135. The minimum atomic E-state index is -1.86. The number of ketones is 1. The lowest BCUT2D eigenvalue weighted by Gasteiger charge is -2.22. The average Bonchev–Trinajstić information content (AvgIpc) is 2.84.